The summed E-state index contributed by atoms with van der Waals surface area (Å²) in [6.45, 7) is 5.92. The van der Waals surface area contributed by atoms with Gasteiger partial charge in [-0.25, -0.2) is 4.57 Å². The zero-order chi connectivity index (χ0) is 41.4. The van der Waals surface area contributed by atoms with Gasteiger partial charge in [0.1, 0.15) is 19.8 Å². The Kier molecular flexibility index (Phi) is 37.5. The maximum Gasteiger partial charge on any atom is 0.472 e. The van der Waals surface area contributed by atoms with Crippen LogP contribution in [0.25, 0.3) is 0 Å². The smallest absolute Gasteiger partial charge is 0.462 e. The molecule has 0 amide bonds. The maximum atomic E-state index is 12.7. The Labute approximate surface area is 344 Å². The molecule has 9 nitrogen and oxygen atoms in total. The summed E-state index contributed by atoms with van der Waals surface area (Å²) in [5.41, 5.74) is 0. The number of carbonyl (C=O) groups excluding carboxylic acids is 2. The number of quaternary nitrogens is 1. The van der Waals surface area contributed by atoms with Crippen LogP contribution in [0.4, 0.5) is 0 Å². The summed E-state index contributed by atoms with van der Waals surface area (Å²) in [5.74, 6) is -0.807. The number of allylic oxidation sites excluding steroid dienone is 5. The topological polar surface area (TPSA) is 108 Å². The Bertz CT molecular complexity index is 1040. The highest BCUT2D eigenvalue weighted by Gasteiger charge is 2.27. The summed E-state index contributed by atoms with van der Waals surface area (Å²) in [6.07, 6.45) is 42.2. The lowest BCUT2D eigenvalue weighted by molar-refractivity contribution is -0.870. The summed E-state index contributed by atoms with van der Waals surface area (Å²) in [7, 11) is 1.47. The van der Waals surface area contributed by atoms with Crippen molar-refractivity contribution >= 4 is 19.8 Å². The number of hydrogen-bond donors (Lipinski definition) is 1. The Morgan fingerprint density at radius 3 is 1.54 bits per heavy atom. The molecule has 0 aliphatic rings. The molecule has 56 heavy (non-hydrogen) atoms. The van der Waals surface area contributed by atoms with Gasteiger partial charge in [0.2, 0.25) is 0 Å². The minimum Gasteiger partial charge on any atom is -0.462 e. The minimum atomic E-state index is -4.38. The summed E-state index contributed by atoms with van der Waals surface area (Å²) < 4.78 is 34.3. The molecule has 0 aromatic heterocycles. The second kappa shape index (κ2) is 38.7. The van der Waals surface area contributed by atoms with E-state index in [1.807, 2.05) is 27.2 Å². The second-order valence-corrected chi connectivity index (χ2v) is 18.0. The molecule has 0 aromatic carbocycles. The Morgan fingerprint density at radius 2 is 1.05 bits per heavy atom. The number of nitrogens with zero attached hydrogens (tertiary/aromatic N) is 1. The van der Waals surface area contributed by atoms with Crippen LogP contribution in [0.2, 0.25) is 0 Å². The van der Waals surface area contributed by atoms with Gasteiger partial charge in [-0.3, -0.25) is 18.6 Å². The van der Waals surface area contributed by atoms with Gasteiger partial charge in [0.05, 0.1) is 27.7 Å². The van der Waals surface area contributed by atoms with E-state index < -0.39 is 26.5 Å². The van der Waals surface area contributed by atoms with Crippen LogP contribution < -0.4 is 0 Å². The van der Waals surface area contributed by atoms with E-state index in [4.69, 9.17) is 18.5 Å². The first kappa shape index (κ1) is 54.2. The molecule has 0 saturated carbocycles. The predicted molar refractivity (Wildman–Crippen MR) is 234 cm³/mol. The summed E-state index contributed by atoms with van der Waals surface area (Å²) in [4.78, 5) is 35.4. The molecule has 328 valence electrons. The average Bonchev–Trinajstić information content (AvgIpc) is 3.15. The lowest BCUT2D eigenvalue weighted by Gasteiger charge is -2.24. The van der Waals surface area contributed by atoms with E-state index in [0.29, 0.717) is 17.4 Å². The third kappa shape index (κ3) is 41.9. The van der Waals surface area contributed by atoms with Crippen molar-refractivity contribution in [2.75, 3.05) is 47.5 Å². The number of rotatable bonds is 42. The molecule has 0 radical (unpaired) electrons. The predicted octanol–water partition coefficient (Wildman–Crippen LogP) is 12.9. The first-order chi connectivity index (χ1) is 27.0. The van der Waals surface area contributed by atoms with Gasteiger partial charge < -0.3 is 18.9 Å². The van der Waals surface area contributed by atoms with Crippen LogP contribution in [0, 0.1) is 0 Å². The van der Waals surface area contributed by atoms with Gasteiger partial charge in [-0.2, -0.15) is 0 Å². The molecule has 0 aliphatic heterocycles. The Morgan fingerprint density at radius 1 is 0.607 bits per heavy atom. The molecular weight excluding hydrogens is 725 g/mol. The molecular formula is C46H87NO8P+. The van der Waals surface area contributed by atoms with Gasteiger partial charge in [0, 0.05) is 12.8 Å². The zero-order valence-electron chi connectivity index (χ0n) is 36.7. The molecule has 0 saturated heterocycles. The molecule has 1 N–H and O–H groups in total. The molecule has 10 heteroatoms. The van der Waals surface area contributed by atoms with Crippen molar-refractivity contribution in [1.29, 1.82) is 0 Å². The summed E-state index contributed by atoms with van der Waals surface area (Å²) in [6, 6.07) is 0. The van der Waals surface area contributed by atoms with Crippen LogP contribution in [-0.4, -0.2) is 74.9 Å². The standard InChI is InChI=1S/C46H86NO8P/c1-6-8-10-12-14-16-18-20-22-23-25-26-28-30-32-34-36-38-45(48)52-42-44(43-54-56(50,51)53-41-40-47(3,4)5)55-46(49)39-37-35-33-31-29-27-24-21-19-17-15-13-11-9-7-2/h7,14,16,20,22,44H,2,6,8-13,15,17-19,21,23-43H2,1,3-5H3/p+1/b16-14+,22-20+/t44-/m1/s1. The van der Waals surface area contributed by atoms with E-state index in [0.717, 1.165) is 57.8 Å². The largest absolute Gasteiger partial charge is 0.472 e. The van der Waals surface area contributed by atoms with Crippen LogP contribution in [0.3, 0.4) is 0 Å². The first-order valence-electron chi connectivity index (χ1n) is 22.7. The molecule has 0 rings (SSSR count). The van der Waals surface area contributed by atoms with E-state index in [2.05, 4.69) is 37.8 Å². The molecule has 0 heterocycles. The van der Waals surface area contributed by atoms with Crippen molar-refractivity contribution in [2.45, 2.75) is 199 Å². The van der Waals surface area contributed by atoms with Crippen molar-refractivity contribution in [3.63, 3.8) is 0 Å². The summed E-state index contributed by atoms with van der Waals surface area (Å²) >= 11 is 0. The first-order valence-corrected chi connectivity index (χ1v) is 24.2. The molecule has 1 unspecified atom stereocenters. The molecule has 0 fully saturated rings. The fraction of sp³-hybridized carbons (Fsp3) is 0.826. The molecule has 0 aromatic rings. The van der Waals surface area contributed by atoms with Gasteiger partial charge in [-0.1, -0.05) is 153 Å². The lowest BCUT2D eigenvalue weighted by atomic mass is 10.0. The van der Waals surface area contributed by atoms with Crippen molar-refractivity contribution in [3.8, 4) is 0 Å². The van der Waals surface area contributed by atoms with Crippen molar-refractivity contribution < 1.29 is 42.1 Å². The second-order valence-electron chi connectivity index (χ2n) is 16.5. The highest BCUT2D eigenvalue weighted by atomic mass is 31.2. The quantitative estimate of drug-likeness (QED) is 0.0213. The van der Waals surface area contributed by atoms with Gasteiger partial charge in [-0.15, -0.1) is 6.58 Å². The minimum absolute atomic E-state index is 0.0299. The fourth-order valence-corrected chi connectivity index (χ4v) is 6.94. The molecule has 0 bridgehead atoms. The van der Waals surface area contributed by atoms with Crippen LogP contribution in [0.5, 0.6) is 0 Å². The highest BCUT2D eigenvalue weighted by molar-refractivity contribution is 7.47. The van der Waals surface area contributed by atoms with Gasteiger partial charge >= 0.3 is 19.8 Å². The third-order valence-electron chi connectivity index (χ3n) is 9.79. The van der Waals surface area contributed by atoms with Gasteiger partial charge in [0.25, 0.3) is 0 Å². The number of unbranched alkanes of at least 4 members (excludes halogenated alkanes) is 23. The SMILES string of the molecule is C=CCCCCCCCCCCCCCCCC(=O)O[C@H](COC(=O)CCCCCCCCC/C=C/C/C=C/CCCCC)COP(=O)(O)OCC[N+](C)(C)C. The zero-order valence-corrected chi connectivity index (χ0v) is 37.6. The average molecular weight is 813 g/mol. The monoisotopic (exact) mass is 813 g/mol. The van der Waals surface area contributed by atoms with Crippen molar-refractivity contribution in [1.82, 2.24) is 0 Å². The maximum absolute atomic E-state index is 12.7. The molecule has 0 spiro atoms. The highest BCUT2D eigenvalue weighted by Crippen LogP contribution is 2.43. The van der Waals surface area contributed by atoms with Crippen molar-refractivity contribution in [3.05, 3.63) is 37.0 Å². The van der Waals surface area contributed by atoms with E-state index in [-0.39, 0.29) is 32.0 Å². The Hall–Kier alpha value is -1.77. The fourth-order valence-electron chi connectivity index (χ4n) is 6.20. The lowest BCUT2D eigenvalue weighted by Crippen LogP contribution is -2.37. The number of esters is 2. The Balaban J connectivity index is 4.32. The number of likely N-dealkylation sites (N-methyl/N-ethyl adjacent to an activating group) is 1. The van der Waals surface area contributed by atoms with Gasteiger partial charge in [-0.05, 0) is 57.8 Å². The number of carbonyl (C=O) groups is 2. The van der Waals surface area contributed by atoms with E-state index in [9.17, 15) is 19.0 Å². The van der Waals surface area contributed by atoms with E-state index in [1.165, 1.54) is 109 Å². The molecule has 0 aliphatic carbocycles. The number of ether oxygens (including phenoxy) is 2. The van der Waals surface area contributed by atoms with Crippen molar-refractivity contribution in [2.24, 2.45) is 0 Å². The van der Waals surface area contributed by atoms with Crippen LogP contribution >= 0.6 is 7.82 Å². The van der Waals surface area contributed by atoms with E-state index >= 15 is 0 Å². The summed E-state index contributed by atoms with van der Waals surface area (Å²) in [5, 5.41) is 0. The van der Waals surface area contributed by atoms with Gasteiger partial charge in [0.15, 0.2) is 6.10 Å². The van der Waals surface area contributed by atoms with Crippen LogP contribution in [0.1, 0.15) is 193 Å². The van der Waals surface area contributed by atoms with E-state index in [1.54, 1.807) is 0 Å². The number of phosphoric acid groups is 1. The van der Waals surface area contributed by atoms with Crippen LogP contribution in [0.15, 0.2) is 37.0 Å². The third-order valence-corrected chi connectivity index (χ3v) is 10.8. The normalized spacial score (nSPS) is 13.7. The number of phosphoric ester groups is 1. The molecule has 2 atom stereocenters. The number of hydrogen-bond acceptors (Lipinski definition) is 7. The van der Waals surface area contributed by atoms with Crippen LogP contribution in [-0.2, 0) is 32.7 Å².